The Hall–Kier alpha value is -2.86. The molecule has 0 atom stereocenters. The van der Waals surface area contributed by atoms with Gasteiger partial charge in [0.2, 0.25) is 0 Å². The number of hydrogen-bond donors (Lipinski definition) is 2. The van der Waals surface area contributed by atoms with Crippen LogP contribution in [0.1, 0.15) is 18.9 Å². The lowest BCUT2D eigenvalue weighted by Gasteiger charge is -2.09. The van der Waals surface area contributed by atoms with Crippen molar-refractivity contribution in [2.45, 2.75) is 20.0 Å². The second kappa shape index (κ2) is 10.9. The topological polar surface area (TPSA) is 76.7 Å². The molecule has 2 aromatic carbocycles. The number of carbonyl (C=O) groups is 2. The molecule has 2 amide bonds. The van der Waals surface area contributed by atoms with E-state index in [0.717, 1.165) is 5.56 Å². The Morgan fingerprint density at radius 1 is 0.962 bits per heavy atom. The number of anilines is 1. The third-order valence-corrected chi connectivity index (χ3v) is 3.52. The van der Waals surface area contributed by atoms with Crippen molar-refractivity contribution in [3.63, 3.8) is 0 Å². The van der Waals surface area contributed by atoms with E-state index < -0.39 is 11.8 Å². The van der Waals surface area contributed by atoms with E-state index in [1.807, 2.05) is 37.3 Å². The Balaban J connectivity index is 1.73. The zero-order chi connectivity index (χ0) is 18.6. The van der Waals surface area contributed by atoms with Crippen LogP contribution in [0.2, 0.25) is 0 Å². The molecular weight excluding hydrogens is 332 g/mol. The highest BCUT2D eigenvalue weighted by Crippen LogP contribution is 2.17. The van der Waals surface area contributed by atoms with Crippen LogP contribution in [0.3, 0.4) is 0 Å². The van der Waals surface area contributed by atoms with Crippen molar-refractivity contribution < 1.29 is 19.1 Å². The predicted octanol–water partition coefficient (Wildman–Crippen LogP) is 2.75. The SMILES string of the molecule is CCOCCCNC(=O)C(=O)Nc1ccc(OCc2ccccc2)cc1. The van der Waals surface area contributed by atoms with E-state index in [9.17, 15) is 9.59 Å². The van der Waals surface area contributed by atoms with Crippen LogP contribution in [0.15, 0.2) is 54.6 Å². The molecule has 0 heterocycles. The van der Waals surface area contributed by atoms with Crippen molar-refractivity contribution in [3.8, 4) is 5.75 Å². The smallest absolute Gasteiger partial charge is 0.313 e. The van der Waals surface area contributed by atoms with Crippen LogP contribution in [-0.4, -0.2) is 31.6 Å². The molecule has 0 aromatic heterocycles. The van der Waals surface area contributed by atoms with E-state index in [4.69, 9.17) is 9.47 Å². The summed E-state index contributed by atoms with van der Waals surface area (Å²) in [6.07, 6.45) is 0.667. The molecule has 0 saturated carbocycles. The Bertz CT molecular complexity index is 687. The van der Waals surface area contributed by atoms with Gasteiger partial charge in [0, 0.05) is 25.4 Å². The van der Waals surface area contributed by atoms with Gasteiger partial charge in [-0.25, -0.2) is 0 Å². The number of ether oxygens (including phenoxy) is 2. The number of benzene rings is 2. The van der Waals surface area contributed by atoms with Gasteiger partial charge in [-0.2, -0.15) is 0 Å². The van der Waals surface area contributed by atoms with Crippen molar-refractivity contribution in [3.05, 3.63) is 60.2 Å². The van der Waals surface area contributed by atoms with Gasteiger partial charge in [0.05, 0.1) is 0 Å². The molecule has 0 aliphatic heterocycles. The van der Waals surface area contributed by atoms with E-state index in [2.05, 4.69) is 10.6 Å². The average Bonchev–Trinajstić information content (AvgIpc) is 2.68. The Morgan fingerprint density at radius 2 is 1.69 bits per heavy atom. The molecule has 2 rings (SSSR count). The van der Waals surface area contributed by atoms with Crippen LogP contribution in [0.25, 0.3) is 0 Å². The van der Waals surface area contributed by atoms with Gasteiger partial charge in [-0.3, -0.25) is 9.59 Å². The maximum Gasteiger partial charge on any atom is 0.313 e. The van der Waals surface area contributed by atoms with E-state index in [0.29, 0.717) is 44.2 Å². The van der Waals surface area contributed by atoms with Crippen LogP contribution in [-0.2, 0) is 20.9 Å². The maximum absolute atomic E-state index is 11.8. The molecule has 6 heteroatoms. The molecule has 2 N–H and O–H groups in total. The first kappa shape index (κ1) is 19.5. The van der Waals surface area contributed by atoms with Gasteiger partial charge in [0.1, 0.15) is 12.4 Å². The monoisotopic (exact) mass is 356 g/mol. The minimum Gasteiger partial charge on any atom is -0.489 e. The molecule has 0 unspecified atom stereocenters. The summed E-state index contributed by atoms with van der Waals surface area (Å²) < 4.78 is 10.8. The lowest BCUT2D eigenvalue weighted by molar-refractivity contribution is -0.136. The van der Waals surface area contributed by atoms with Gasteiger partial charge in [-0.05, 0) is 43.2 Å². The first-order valence-corrected chi connectivity index (χ1v) is 8.62. The Kier molecular flexibility index (Phi) is 8.15. The minimum atomic E-state index is -0.695. The van der Waals surface area contributed by atoms with Gasteiger partial charge >= 0.3 is 11.8 Å². The largest absolute Gasteiger partial charge is 0.489 e. The molecule has 0 bridgehead atoms. The Labute approximate surface area is 153 Å². The number of amides is 2. The molecule has 0 saturated heterocycles. The number of hydrogen-bond acceptors (Lipinski definition) is 4. The second-order valence-electron chi connectivity index (χ2n) is 5.56. The van der Waals surface area contributed by atoms with Crippen molar-refractivity contribution in [1.82, 2.24) is 5.32 Å². The molecule has 26 heavy (non-hydrogen) atoms. The van der Waals surface area contributed by atoms with Crippen molar-refractivity contribution in [1.29, 1.82) is 0 Å². The van der Waals surface area contributed by atoms with Gasteiger partial charge in [0.25, 0.3) is 0 Å². The van der Waals surface area contributed by atoms with E-state index in [-0.39, 0.29) is 0 Å². The minimum absolute atomic E-state index is 0.401. The highest BCUT2D eigenvalue weighted by atomic mass is 16.5. The molecule has 6 nitrogen and oxygen atoms in total. The summed E-state index contributed by atoms with van der Waals surface area (Å²) in [5.74, 6) is -0.669. The lowest BCUT2D eigenvalue weighted by Crippen LogP contribution is -2.36. The molecule has 2 aromatic rings. The number of rotatable bonds is 9. The third kappa shape index (κ3) is 6.94. The number of nitrogens with one attached hydrogen (secondary N) is 2. The molecule has 0 spiro atoms. The highest BCUT2D eigenvalue weighted by Gasteiger charge is 2.12. The summed E-state index contributed by atoms with van der Waals surface area (Å²) in [6.45, 7) is 3.97. The fourth-order valence-electron chi connectivity index (χ4n) is 2.16. The molecule has 0 fully saturated rings. The quantitative estimate of drug-likeness (QED) is 0.535. The average molecular weight is 356 g/mol. The van der Waals surface area contributed by atoms with E-state index in [1.54, 1.807) is 24.3 Å². The van der Waals surface area contributed by atoms with Crippen LogP contribution >= 0.6 is 0 Å². The van der Waals surface area contributed by atoms with Crippen LogP contribution in [0.5, 0.6) is 5.75 Å². The molecular formula is C20H24N2O4. The van der Waals surface area contributed by atoms with Gasteiger partial charge in [-0.15, -0.1) is 0 Å². The van der Waals surface area contributed by atoms with Gasteiger partial charge < -0.3 is 20.1 Å². The summed E-state index contributed by atoms with van der Waals surface area (Å²) in [4.78, 5) is 23.6. The summed E-state index contributed by atoms with van der Waals surface area (Å²) in [5, 5.41) is 5.11. The predicted molar refractivity (Wildman–Crippen MR) is 100.0 cm³/mol. The third-order valence-electron chi connectivity index (χ3n) is 3.52. The van der Waals surface area contributed by atoms with Crippen LogP contribution in [0.4, 0.5) is 5.69 Å². The fourth-order valence-corrected chi connectivity index (χ4v) is 2.16. The second-order valence-corrected chi connectivity index (χ2v) is 5.56. The van der Waals surface area contributed by atoms with Crippen LogP contribution < -0.4 is 15.4 Å². The first-order chi connectivity index (χ1) is 12.7. The summed E-state index contributed by atoms with van der Waals surface area (Å²) in [7, 11) is 0. The van der Waals surface area contributed by atoms with Gasteiger partial charge in [-0.1, -0.05) is 30.3 Å². The first-order valence-electron chi connectivity index (χ1n) is 8.62. The Morgan fingerprint density at radius 3 is 2.38 bits per heavy atom. The lowest BCUT2D eigenvalue weighted by atomic mass is 10.2. The van der Waals surface area contributed by atoms with Gasteiger partial charge in [0.15, 0.2) is 0 Å². The normalized spacial score (nSPS) is 10.2. The zero-order valence-electron chi connectivity index (χ0n) is 14.9. The highest BCUT2D eigenvalue weighted by molar-refractivity contribution is 6.39. The summed E-state index contributed by atoms with van der Waals surface area (Å²) in [6, 6.07) is 16.7. The van der Waals surface area contributed by atoms with E-state index in [1.165, 1.54) is 0 Å². The summed E-state index contributed by atoms with van der Waals surface area (Å²) >= 11 is 0. The molecule has 138 valence electrons. The molecule has 0 aliphatic rings. The van der Waals surface area contributed by atoms with Crippen molar-refractivity contribution >= 4 is 17.5 Å². The molecule has 0 radical (unpaired) electrons. The maximum atomic E-state index is 11.8. The van der Waals surface area contributed by atoms with Crippen LogP contribution in [0, 0.1) is 0 Å². The van der Waals surface area contributed by atoms with E-state index >= 15 is 0 Å². The molecule has 0 aliphatic carbocycles. The fraction of sp³-hybridized carbons (Fsp3) is 0.300. The summed E-state index contributed by atoms with van der Waals surface area (Å²) in [5.41, 5.74) is 1.61. The zero-order valence-corrected chi connectivity index (χ0v) is 14.9. The van der Waals surface area contributed by atoms with Crippen molar-refractivity contribution in [2.75, 3.05) is 25.1 Å². The standard InChI is InChI=1S/C20H24N2O4/c1-2-25-14-6-13-21-19(23)20(24)22-17-9-11-18(12-10-17)26-15-16-7-4-3-5-8-16/h3-5,7-12H,2,6,13-15H2,1H3,(H,21,23)(H,22,24). The number of carbonyl (C=O) groups excluding carboxylic acids is 2. The van der Waals surface area contributed by atoms with Crippen molar-refractivity contribution in [2.24, 2.45) is 0 Å².